The van der Waals surface area contributed by atoms with E-state index >= 15 is 0 Å². The molecule has 2 aromatic rings. The number of aromatic nitrogens is 1. The van der Waals surface area contributed by atoms with Crippen molar-refractivity contribution in [2.75, 3.05) is 5.32 Å². The van der Waals surface area contributed by atoms with Gasteiger partial charge >= 0.3 is 6.36 Å². The molecule has 0 amide bonds. The largest absolute Gasteiger partial charge is 0.573 e. The van der Waals surface area contributed by atoms with E-state index in [-0.39, 0.29) is 35.7 Å². The number of nitrogens with one attached hydrogen (secondary N) is 1. The molecule has 2 rings (SSSR count). The van der Waals surface area contributed by atoms with Crippen LogP contribution in [0, 0.1) is 0 Å². The Kier molecular flexibility index (Phi) is 8.18. The van der Waals surface area contributed by atoms with Crippen molar-refractivity contribution in [3.63, 3.8) is 0 Å². The second kappa shape index (κ2) is 9.64. The molecule has 0 aliphatic rings. The van der Waals surface area contributed by atoms with Gasteiger partial charge in [0, 0.05) is 17.7 Å². The van der Waals surface area contributed by atoms with Gasteiger partial charge in [-0.05, 0) is 30.7 Å². The Balaban J connectivity index is 0.00000338. The first-order chi connectivity index (χ1) is 11.8. The van der Waals surface area contributed by atoms with Crippen molar-refractivity contribution >= 4 is 35.6 Å². The molecule has 0 unspecified atom stereocenters. The predicted molar refractivity (Wildman–Crippen MR) is 103 cm³/mol. The van der Waals surface area contributed by atoms with Crippen molar-refractivity contribution in [1.29, 1.82) is 0 Å². The van der Waals surface area contributed by atoms with Gasteiger partial charge in [0.1, 0.15) is 11.5 Å². The zero-order valence-electron chi connectivity index (χ0n) is 14.3. The third kappa shape index (κ3) is 6.39. The quantitative estimate of drug-likeness (QED) is 0.364. The lowest BCUT2D eigenvalue weighted by molar-refractivity contribution is -0.274. The summed E-state index contributed by atoms with van der Waals surface area (Å²) in [6.07, 6.45) is -3.30. The van der Waals surface area contributed by atoms with Gasteiger partial charge in [0.25, 0.3) is 0 Å². The minimum Gasteiger partial charge on any atom is -0.406 e. The molecule has 0 atom stereocenters. The van der Waals surface area contributed by atoms with Gasteiger partial charge in [-0.15, -0.1) is 37.1 Å². The molecular weight excluding hydrogens is 464 g/mol. The summed E-state index contributed by atoms with van der Waals surface area (Å²) in [6.45, 7) is 4.24. The van der Waals surface area contributed by atoms with Gasteiger partial charge in [-0.1, -0.05) is 19.0 Å². The van der Waals surface area contributed by atoms with Crippen LogP contribution >= 0.6 is 24.0 Å². The normalized spacial score (nSPS) is 11.8. The van der Waals surface area contributed by atoms with E-state index in [1.807, 2.05) is 13.8 Å². The standard InChI is InChI=1S/C16H19F3N4O2.HI/c1-3-13-12(14(4-2)25-23-13)9-21-15(20)22-10-5-7-11(8-6-10)24-16(17,18)19;/h5-8H,3-4,9H2,1-2H3,(H3,20,21,22);1H. The Hall–Kier alpha value is -1.98. The Morgan fingerprint density at radius 1 is 1.23 bits per heavy atom. The van der Waals surface area contributed by atoms with Gasteiger partial charge in [-0.25, -0.2) is 4.99 Å². The Bertz CT molecular complexity index is 709. The topological polar surface area (TPSA) is 85.7 Å². The molecule has 144 valence electrons. The van der Waals surface area contributed by atoms with E-state index in [4.69, 9.17) is 10.3 Å². The molecule has 6 nitrogen and oxygen atoms in total. The molecule has 0 radical (unpaired) electrons. The number of aryl methyl sites for hydroxylation is 2. The van der Waals surface area contributed by atoms with Crippen LogP contribution in [-0.4, -0.2) is 17.5 Å². The van der Waals surface area contributed by atoms with Crippen molar-refractivity contribution in [2.45, 2.75) is 39.6 Å². The van der Waals surface area contributed by atoms with Crippen LogP contribution in [0.1, 0.15) is 30.9 Å². The monoisotopic (exact) mass is 484 g/mol. The number of hydrogen-bond acceptors (Lipinski definition) is 4. The Morgan fingerprint density at radius 3 is 2.42 bits per heavy atom. The van der Waals surface area contributed by atoms with Gasteiger partial charge in [0.15, 0.2) is 5.96 Å². The molecule has 1 heterocycles. The van der Waals surface area contributed by atoms with E-state index in [1.54, 1.807) is 0 Å². The third-order valence-corrected chi connectivity index (χ3v) is 3.37. The van der Waals surface area contributed by atoms with E-state index in [1.165, 1.54) is 24.3 Å². The molecule has 3 N–H and O–H groups in total. The van der Waals surface area contributed by atoms with Gasteiger partial charge in [-0.3, -0.25) is 0 Å². The van der Waals surface area contributed by atoms with Crippen LogP contribution in [0.2, 0.25) is 0 Å². The van der Waals surface area contributed by atoms with Gasteiger partial charge in [0.2, 0.25) is 0 Å². The number of nitrogens with two attached hydrogens (primary N) is 1. The van der Waals surface area contributed by atoms with Crippen molar-refractivity contribution < 1.29 is 22.4 Å². The highest BCUT2D eigenvalue weighted by molar-refractivity contribution is 14.0. The van der Waals surface area contributed by atoms with Gasteiger partial charge < -0.3 is 20.3 Å². The number of alkyl halides is 3. The maximum absolute atomic E-state index is 12.1. The highest BCUT2D eigenvalue weighted by atomic mass is 127. The fourth-order valence-corrected chi connectivity index (χ4v) is 2.21. The maximum atomic E-state index is 12.1. The van der Waals surface area contributed by atoms with Crippen LogP contribution in [0.3, 0.4) is 0 Å². The molecule has 0 saturated heterocycles. The summed E-state index contributed by atoms with van der Waals surface area (Å²) in [5, 5.41) is 6.80. The predicted octanol–water partition coefficient (Wildman–Crippen LogP) is 4.24. The second-order valence-electron chi connectivity index (χ2n) is 5.14. The maximum Gasteiger partial charge on any atom is 0.573 e. The summed E-state index contributed by atoms with van der Waals surface area (Å²) < 4.78 is 45.4. The number of aliphatic imine (C=N–C) groups is 1. The number of guanidine groups is 1. The molecule has 0 bridgehead atoms. The van der Waals surface area contributed by atoms with E-state index in [0.29, 0.717) is 18.7 Å². The minimum atomic E-state index is -4.72. The molecule has 0 spiro atoms. The molecule has 1 aromatic heterocycles. The fourth-order valence-electron chi connectivity index (χ4n) is 2.21. The first-order valence-electron chi connectivity index (χ1n) is 7.71. The zero-order chi connectivity index (χ0) is 18.4. The summed E-state index contributed by atoms with van der Waals surface area (Å²) >= 11 is 0. The van der Waals surface area contributed by atoms with Crippen molar-refractivity contribution in [3.8, 4) is 5.75 Å². The molecule has 0 aliphatic heterocycles. The number of anilines is 1. The van der Waals surface area contributed by atoms with Crippen LogP contribution in [0.15, 0.2) is 33.8 Å². The first-order valence-corrected chi connectivity index (χ1v) is 7.71. The van der Waals surface area contributed by atoms with Crippen molar-refractivity contribution in [2.24, 2.45) is 10.7 Å². The lowest BCUT2D eigenvalue weighted by Gasteiger charge is -2.10. The van der Waals surface area contributed by atoms with Crippen LogP contribution in [0.5, 0.6) is 5.75 Å². The van der Waals surface area contributed by atoms with Gasteiger partial charge in [0.05, 0.1) is 12.2 Å². The fraction of sp³-hybridized carbons (Fsp3) is 0.375. The Morgan fingerprint density at radius 2 is 1.88 bits per heavy atom. The summed E-state index contributed by atoms with van der Waals surface area (Å²) in [6, 6.07) is 5.20. The summed E-state index contributed by atoms with van der Waals surface area (Å²) in [5.74, 6) is 0.593. The van der Waals surface area contributed by atoms with Crippen LogP contribution < -0.4 is 15.8 Å². The molecule has 1 aromatic carbocycles. The molecule has 26 heavy (non-hydrogen) atoms. The second-order valence-corrected chi connectivity index (χ2v) is 5.14. The number of ether oxygens (including phenoxy) is 1. The summed E-state index contributed by atoms with van der Waals surface area (Å²) in [5.41, 5.74) is 8.06. The number of halogens is 4. The number of benzene rings is 1. The molecular formula is C16H20F3IN4O2. The minimum absolute atomic E-state index is 0. The molecule has 0 aliphatic carbocycles. The average molecular weight is 484 g/mol. The van der Waals surface area contributed by atoms with Crippen LogP contribution in [-0.2, 0) is 19.4 Å². The number of rotatable bonds is 6. The summed E-state index contributed by atoms with van der Waals surface area (Å²) in [4.78, 5) is 4.23. The SMILES string of the molecule is CCc1noc(CC)c1CN=C(N)Nc1ccc(OC(F)(F)F)cc1.I. The zero-order valence-corrected chi connectivity index (χ0v) is 16.6. The van der Waals surface area contributed by atoms with Crippen molar-refractivity contribution in [1.82, 2.24) is 5.16 Å². The Labute approximate surface area is 166 Å². The molecule has 0 fully saturated rings. The van der Waals surface area contributed by atoms with E-state index in [9.17, 15) is 13.2 Å². The highest BCUT2D eigenvalue weighted by Gasteiger charge is 2.30. The lowest BCUT2D eigenvalue weighted by atomic mass is 10.1. The molecule has 0 saturated carbocycles. The number of nitrogens with zero attached hydrogens (tertiary/aromatic N) is 2. The lowest BCUT2D eigenvalue weighted by Crippen LogP contribution is -2.22. The van der Waals surface area contributed by atoms with E-state index < -0.39 is 6.36 Å². The highest BCUT2D eigenvalue weighted by Crippen LogP contribution is 2.24. The van der Waals surface area contributed by atoms with Crippen LogP contribution in [0.25, 0.3) is 0 Å². The third-order valence-electron chi connectivity index (χ3n) is 3.37. The van der Waals surface area contributed by atoms with E-state index in [0.717, 1.165) is 23.4 Å². The first kappa shape index (κ1) is 22.1. The smallest absolute Gasteiger partial charge is 0.406 e. The average Bonchev–Trinajstić information content (AvgIpc) is 2.95. The molecule has 10 heteroatoms. The number of hydrogen-bond donors (Lipinski definition) is 2. The summed E-state index contributed by atoms with van der Waals surface area (Å²) in [7, 11) is 0. The van der Waals surface area contributed by atoms with E-state index in [2.05, 4.69) is 20.2 Å². The van der Waals surface area contributed by atoms with Crippen molar-refractivity contribution in [3.05, 3.63) is 41.3 Å². The van der Waals surface area contributed by atoms with Gasteiger partial charge in [-0.2, -0.15) is 0 Å². The van der Waals surface area contributed by atoms with Crippen LogP contribution in [0.4, 0.5) is 18.9 Å².